The fourth-order valence-electron chi connectivity index (χ4n) is 0.433. The first-order chi connectivity index (χ1) is 3.06. The van der Waals surface area contributed by atoms with Crippen LogP contribution in [-0.4, -0.2) is 6.54 Å². The zero-order valence-electron chi connectivity index (χ0n) is 5.49. The molecule has 0 bridgehead atoms. The van der Waals surface area contributed by atoms with Gasteiger partial charge in [0.2, 0.25) is 0 Å². The maximum atomic E-state index is 3.65. The van der Waals surface area contributed by atoms with Crippen molar-refractivity contribution in [2.24, 2.45) is 5.41 Å². The van der Waals surface area contributed by atoms with Gasteiger partial charge in [-0.25, -0.2) is 0 Å². The molecule has 0 rings (SSSR count). The minimum atomic E-state index is 0.432. The molecular formula is C6H15N. The lowest BCUT2D eigenvalue weighted by Gasteiger charge is -2.15. The van der Waals surface area contributed by atoms with E-state index in [0.717, 1.165) is 6.54 Å². The highest BCUT2D eigenvalue weighted by molar-refractivity contribution is 4.55. The molecule has 0 aromatic rings. The summed E-state index contributed by atoms with van der Waals surface area (Å²) < 4.78 is 0. The smallest absolute Gasteiger partial charge is 0.0564 e. The zero-order valence-corrected chi connectivity index (χ0v) is 5.49. The van der Waals surface area contributed by atoms with E-state index in [1.54, 1.807) is 0 Å². The molecule has 0 fully saturated rings. The number of hydrogen-bond acceptors (Lipinski definition) is 0. The standard InChI is InChI=1S/C6H15N/c1-6(2,3)5-7-4/h4-5,7H2,1-3H3. The second kappa shape index (κ2) is 2.31. The minimum absolute atomic E-state index is 0.432. The summed E-state index contributed by atoms with van der Waals surface area (Å²) in [6, 6.07) is 0. The largest absolute Gasteiger partial charge is 0.478 e. The maximum absolute atomic E-state index is 3.65. The molecule has 0 saturated heterocycles. The Kier molecular flexibility index (Phi) is 2.30. The highest BCUT2D eigenvalue weighted by atomic mass is 14.8. The van der Waals surface area contributed by atoms with Gasteiger partial charge in [-0.1, -0.05) is 20.8 Å². The van der Waals surface area contributed by atoms with Crippen molar-refractivity contribution in [2.45, 2.75) is 20.8 Å². The van der Waals surface area contributed by atoms with Crippen molar-refractivity contribution in [3.63, 3.8) is 0 Å². The van der Waals surface area contributed by atoms with E-state index in [9.17, 15) is 0 Å². The van der Waals surface area contributed by atoms with E-state index < -0.39 is 0 Å². The normalized spacial score (nSPS) is 12.0. The predicted octanol–water partition coefficient (Wildman–Crippen LogP) is 0.387. The van der Waals surface area contributed by atoms with E-state index in [4.69, 9.17) is 0 Å². The Hall–Kier alpha value is -0.0400. The molecule has 0 aliphatic carbocycles. The average Bonchev–Trinajstić information content (AvgIpc) is 1.30. The number of nitrogens with two attached hydrogens (primary N) is 1. The fourth-order valence-corrected chi connectivity index (χ4v) is 0.433. The van der Waals surface area contributed by atoms with Crippen LogP contribution in [0.15, 0.2) is 0 Å². The summed E-state index contributed by atoms with van der Waals surface area (Å²) in [5, 5.41) is 1.96. The molecule has 44 valence electrons. The molecule has 1 heteroatoms. The monoisotopic (exact) mass is 101 g/mol. The van der Waals surface area contributed by atoms with E-state index in [2.05, 4.69) is 27.8 Å². The van der Waals surface area contributed by atoms with Crippen LogP contribution in [0.4, 0.5) is 0 Å². The minimum Gasteiger partial charge on any atom is -0.478 e. The zero-order chi connectivity index (χ0) is 5.91. The van der Waals surface area contributed by atoms with E-state index in [0.29, 0.717) is 5.41 Å². The summed E-state index contributed by atoms with van der Waals surface area (Å²) in [5.74, 6) is 0. The van der Waals surface area contributed by atoms with Crippen LogP contribution in [0.25, 0.3) is 0 Å². The maximum Gasteiger partial charge on any atom is 0.0564 e. The first kappa shape index (κ1) is 6.96. The first-order valence-electron chi connectivity index (χ1n) is 2.67. The Bertz CT molecular complexity index is 42.6. The van der Waals surface area contributed by atoms with Gasteiger partial charge in [-0.05, 0) is 0 Å². The molecule has 0 atom stereocenters. The SMILES string of the molecule is [CH2-][NH2+]CC(C)(C)C. The molecule has 0 aliphatic heterocycles. The molecule has 0 heterocycles. The van der Waals surface area contributed by atoms with Crippen molar-refractivity contribution < 1.29 is 5.32 Å². The number of quaternary nitrogens is 1. The molecule has 0 unspecified atom stereocenters. The van der Waals surface area contributed by atoms with Gasteiger partial charge in [-0.15, -0.1) is 0 Å². The molecule has 0 saturated carbocycles. The summed E-state index contributed by atoms with van der Waals surface area (Å²) in [6.45, 7) is 7.71. The highest BCUT2D eigenvalue weighted by Crippen LogP contribution is 2.07. The highest BCUT2D eigenvalue weighted by Gasteiger charge is 2.07. The van der Waals surface area contributed by atoms with Crippen molar-refractivity contribution in [3.8, 4) is 0 Å². The molecule has 2 N–H and O–H groups in total. The van der Waals surface area contributed by atoms with Gasteiger partial charge in [0.05, 0.1) is 6.54 Å². The van der Waals surface area contributed by atoms with Crippen molar-refractivity contribution in [1.82, 2.24) is 0 Å². The van der Waals surface area contributed by atoms with Crippen LogP contribution in [0.2, 0.25) is 0 Å². The lowest BCUT2D eigenvalue weighted by molar-refractivity contribution is -0.607. The third-order valence-electron chi connectivity index (χ3n) is 0.757. The molecular weight excluding hydrogens is 86.1 g/mol. The van der Waals surface area contributed by atoms with Gasteiger partial charge < -0.3 is 5.32 Å². The Morgan fingerprint density at radius 2 is 1.86 bits per heavy atom. The van der Waals surface area contributed by atoms with Gasteiger partial charge in [-0.3, -0.25) is 0 Å². The molecule has 7 heavy (non-hydrogen) atoms. The van der Waals surface area contributed by atoms with Crippen molar-refractivity contribution in [3.05, 3.63) is 7.05 Å². The second-order valence-corrected chi connectivity index (χ2v) is 3.05. The van der Waals surface area contributed by atoms with Crippen molar-refractivity contribution in [1.29, 1.82) is 0 Å². The lowest BCUT2D eigenvalue weighted by atomic mass is 9.97. The van der Waals surface area contributed by atoms with Gasteiger partial charge in [0, 0.05) is 5.41 Å². The van der Waals surface area contributed by atoms with Crippen LogP contribution < -0.4 is 5.32 Å². The van der Waals surface area contributed by atoms with Gasteiger partial charge in [0.25, 0.3) is 0 Å². The van der Waals surface area contributed by atoms with Crippen LogP contribution in [0.1, 0.15) is 20.8 Å². The van der Waals surface area contributed by atoms with Crippen LogP contribution in [0.3, 0.4) is 0 Å². The Morgan fingerprint density at radius 3 is 1.86 bits per heavy atom. The lowest BCUT2D eigenvalue weighted by Crippen LogP contribution is -2.79. The van der Waals surface area contributed by atoms with Crippen LogP contribution in [0, 0.1) is 12.5 Å². The summed E-state index contributed by atoms with van der Waals surface area (Å²) in [4.78, 5) is 0. The molecule has 0 aliphatic rings. The van der Waals surface area contributed by atoms with E-state index in [1.807, 2.05) is 5.32 Å². The van der Waals surface area contributed by atoms with Crippen LogP contribution in [-0.2, 0) is 0 Å². The van der Waals surface area contributed by atoms with Crippen molar-refractivity contribution in [2.75, 3.05) is 6.54 Å². The van der Waals surface area contributed by atoms with Gasteiger partial charge in [0.1, 0.15) is 0 Å². The average molecular weight is 101 g/mol. The number of hydrogen-bond donors (Lipinski definition) is 1. The molecule has 0 aromatic carbocycles. The first-order valence-corrected chi connectivity index (χ1v) is 2.67. The third-order valence-corrected chi connectivity index (χ3v) is 0.757. The molecule has 0 amide bonds. The Morgan fingerprint density at radius 1 is 1.43 bits per heavy atom. The summed E-state index contributed by atoms with van der Waals surface area (Å²) in [5.41, 5.74) is 0.432. The second-order valence-electron chi connectivity index (χ2n) is 3.05. The van der Waals surface area contributed by atoms with Crippen LogP contribution >= 0.6 is 0 Å². The molecule has 0 aromatic heterocycles. The summed E-state index contributed by atoms with van der Waals surface area (Å²) in [6.07, 6.45) is 0. The quantitative estimate of drug-likeness (QED) is 0.460. The summed E-state index contributed by atoms with van der Waals surface area (Å²) >= 11 is 0. The molecule has 0 radical (unpaired) electrons. The van der Waals surface area contributed by atoms with Gasteiger partial charge >= 0.3 is 0 Å². The van der Waals surface area contributed by atoms with E-state index >= 15 is 0 Å². The molecule has 1 nitrogen and oxygen atoms in total. The summed E-state index contributed by atoms with van der Waals surface area (Å²) in [7, 11) is 3.65. The topological polar surface area (TPSA) is 16.6 Å². The van der Waals surface area contributed by atoms with Crippen LogP contribution in [0.5, 0.6) is 0 Å². The Balaban J connectivity index is 3.15. The fraction of sp³-hybridized carbons (Fsp3) is 0.833. The van der Waals surface area contributed by atoms with Gasteiger partial charge in [-0.2, -0.15) is 7.05 Å². The van der Waals surface area contributed by atoms with E-state index in [-0.39, 0.29) is 0 Å². The van der Waals surface area contributed by atoms with Gasteiger partial charge in [0.15, 0.2) is 0 Å². The molecule has 0 spiro atoms. The van der Waals surface area contributed by atoms with E-state index in [1.165, 1.54) is 0 Å². The number of rotatable bonds is 1. The predicted molar refractivity (Wildman–Crippen MR) is 31.6 cm³/mol. The Labute approximate surface area is 46.1 Å². The van der Waals surface area contributed by atoms with Crippen molar-refractivity contribution >= 4 is 0 Å². The third kappa shape index (κ3) is 5.96.